The summed E-state index contributed by atoms with van der Waals surface area (Å²) in [5.74, 6) is -0.0801. The van der Waals surface area contributed by atoms with Crippen LogP contribution in [0.15, 0.2) is 69.9 Å². The smallest absolute Gasteiger partial charge is 0.306 e. The lowest BCUT2D eigenvalue weighted by molar-refractivity contribution is -0.143. The van der Waals surface area contributed by atoms with Gasteiger partial charge in [-0.2, -0.15) is 0 Å². The minimum absolute atomic E-state index is 0.0801. The molecule has 0 aliphatic carbocycles. The van der Waals surface area contributed by atoms with Gasteiger partial charge in [-0.15, -0.1) is 0 Å². The number of unbranched alkanes of at least 4 members (excludes halogenated alkanes) is 1. The van der Waals surface area contributed by atoms with E-state index >= 15 is 0 Å². The molecule has 0 fully saturated rings. The zero-order valence-electron chi connectivity index (χ0n) is 25.0. The Morgan fingerprint density at radius 3 is 1.19 bits per heavy atom. The summed E-state index contributed by atoms with van der Waals surface area (Å²) in [4.78, 5) is 12.0. The Labute approximate surface area is 224 Å². The number of rotatable bonds is 19. The first-order valence-corrected chi connectivity index (χ1v) is 14.1. The van der Waals surface area contributed by atoms with Gasteiger partial charge in [0.2, 0.25) is 0 Å². The Bertz CT molecular complexity index is 791. The summed E-state index contributed by atoms with van der Waals surface area (Å²) in [7, 11) is 0. The van der Waals surface area contributed by atoms with Crippen molar-refractivity contribution in [2.45, 2.75) is 132 Å². The average Bonchev–Trinajstić information content (AvgIpc) is 2.78. The maximum absolute atomic E-state index is 12.0. The minimum Gasteiger partial charge on any atom is -0.466 e. The first kappa shape index (κ1) is 33.9. The number of carbonyl (C=O) groups is 1. The second kappa shape index (κ2) is 22.1. The van der Waals surface area contributed by atoms with Crippen LogP contribution in [0, 0.1) is 0 Å². The molecule has 0 aliphatic heterocycles. The number of hydrogen-bond donors (Lipinski definition) is 0. The van der Waals surface area contributed by atoms with Crippen molar-refractivity contribution in [3.8, 4) is 0 Å². The molecule has 2 nitrogen and oxygen atoms in total. The first-order valence-electron chi connectivity index (χ1n) is 14.1. The molecule has 0 saturated heterocycles. The summed E-state index contributed by atoms with van der Waals surface area (Å²) in [6, 6.07) is 0. The van der Waals surface area contributed by atoms with Crippen molar-refractivity contribution in [1.29, 1.82) is 0 Å². The Kier molecular flexibility index (Phi) is 20.8. The highest BCUT2D eigenvalue weighted by molar-refractivity contribution is 5.69. The van der Waals surface area contributed by atoms with Crippen LogP contribution in [0.5, 0.6) is 0 Å². The number of ether oxygens (including phenoxy) is 1. The first-order chi connectivity index (χ1) is 17.1. The van der Waals surface area contributed by atoms with E-state index in [9.17, 15) is 4.79 Å². The van der Waals surface area contributed by atoms with Gasteiger partial charge in [-0.3, -0.25) is 4.79 Å². The van der Waals surface area contributed by atoms with Gasteiger partial charge < -0.3 is 4.74 Å². The van der Waals surface area contributed by atoms with E-state index in [4.69, 9.17) is 4.74 Å². The zero-order chi connectivity index (χ0) is 27.2. The quantitative estimate of drug-likeness (QED) is 0.101. The minimum atomic E-state index is -0.0801. The van der Waals surface area contributed by atoms with Gasteiger partial charge in [0.15, 0.2) is 0 Å². The van der Waals surface area contributed by atoms with Crippen molar-refractivity contribution in [2.75, 3.05) is 6.61 Å². The highest BCUT2D eigenvalue weighted by Gasteiger charge is 2.01. The van der Waals surface area contributed by atoms with Crippen LogP contribution in [0.25, 0.3) is 0 Å². The van der Waals surface area contributed by atoms with Gasteiger partial charge >= 0.3 is 5.97 Å². The molecule has 0 aromatic heterocycles. The molecule has 0 aromatic carbocycles. The lowest BCUT2D eigenvalue weighted by Crippen LogP contribution is -2.05. The number of carbonyl (C=O) groups excluding carboxylic acids is 1. The molecule has 0 aliphatic rings. The molecule has 0 rings (SSSR count). The molecule has 204 valence electrons. The van der Waals surface area contributed by atoms with Crippen LogP contribution in [0.3, 0.4) is 0 Å². The Hall–Kier alpha value is -2.09. The molecule has 0 atom stereocenters. The third kappa shape index (κ3) is 23.6. The lowest BCUT2D eigenvalue weighted by Gasteiger charge is -2.04. The highest BCUT2D eigenvalue weighted by Crippen LogP contribution is 2.14. The average molecular weight is 497 g/mol. The lowest BCUT2D eigenvalue weighted by atomic mass is 10.1. The van der Waals surface area contributed by atoms with Crippen LogP contribution in [-0.2, 0) is 9.53 Å². The third-order valence-electron chi connectivity index (χ3n) is 6.19. The second-order valence-corrected chi connectivity index (χ2v) is 10.8. The summed E-state index contributed by atoms with van der Waals surface area (Å²) >= 11 is 0. The predicted octanol–water partition coefficient (Wildman–Crippen LogP) is 10.9. The standard InChI is InChI=1S/C34H56O2/c1-28(2)16-11-19-31(6)22-13-21-30(5)18-9-10-27-36-34(35)26-15-25-33(8)24-14-23-32(7)20-12-17-29(3)4/h16-18,22-23,25H,9-15,19-21,24,26-27H2,1-8H3/b30-18+,31-22+,32-23+,33-25+. The van der Waals surface area contributed by atoms with Crippen molar-refractivity contribution >= 4 is 5.97 Å². The van der Waals surface area contributed by atoms with Crippen molar-refractivity contribution < 1.29 is 9.53 Å². The van der Waals surface area contributed by atoms with Gasteiger partial charge in [0.1, 0.15) is 0 Å². The van der Waals surface area contributed by atoms with Crippen LogP contribution in [0.2, 0.25) is 0 Å². The Balaban J connectivity index is 3.94. The normalized spacial score (nSPS) is 13.0. The van der Waals surface area contributed by atoms with Crippen LogP contribution >= 0.6 is 0 Å². The van der Waals surface area contributed by atoms with Gasteiger partial charge in [0.05, 0.1) is 6.61 Å². The summed E-state index contributed by atoms with van der Waals surface area (Å²) in [6.07, 6.45) is 25.9. The molecule has 0 spiro atoms. The van der Waals surface area contributed by atoms with Crippen molar-refractivity contribution in [3.63, 3.8) is 0 Å². The van der Waals surface area contributed by atoms with Gasteiger partial charge in [0, 0.05) is 6.42 Å². The molecule has 0 amide bonds. The Morgan fingerprint density at radius 1 is 0.472 bits per heavy atom. The fourth-order valence-electron chi connectivity index (χ4n) is 3.80. The number of hydrogen-bond acceptors (Lipinski definition) is 2. The molecule has 0 heterocycles. The molecule has 2 heteroatoms. The maximum Gasteiger partial charge on any atom is 0.306 e. The molecular weight excluding hydrogens is 440 g/mol. The van der Waals surface area contributed by atoms with E-state index in [-0.39, 0.29) is 5.97 Å². The largest absolute Gasteiger partial charge is 0.466 e. The van der Waals surface area contributed by atoms with Crippen LogP contribution in [0.4, 0.5) is 0 Å². The summed E-state index contributed by atoms with van der Waals surface area (Å²) < 4.78 is 5.41. The van der Waals surface area contributed by atoms with Crippen molar-refractivity contribution in [1.82, 2.24) is 0 Å². The summed E-state index contributed by atoms with van der Waals surface area (Å²) in [5, 5.41) is 0. The van der Waals surface area contributed by atoms with Crippen LogP contribution < -0.4 is 0 Å². The Morgan fingerprint density at radius 2 is 0.806 bits per heavy atom. The van der Waals surface area contributed by atoms with Gasteiger partial charge in [-0.25, -0.2) is 0 Å². The van der Waals surface area contributed by atoms with E-state index in [1.165, 1.54) is 33.4 Å². The molecular formula is C34H56O2. The van der Waals surface area contributed by atoms with Gasteiger partial charge in [0.25, 0.3) is 0 Å². The predicted molar refractivity (Wildman–Crippen MR) is 160 cm³/mol. The van der Waals surface area contributed by atoms with Crippen molar-refractivity contribution in [2.24, 2.45) is 0 Å². The summed E-state index contributed by atoms with van der Waals surface area (Å²) in [6.45, 7) is 18.0. The molecule has 0 radical (unpaired) electrons. The van der Waals surface area contributed by atoms with Gasteiger partial charge in [-0.1, -0.05) is 69.9 Å². The van der Waals surface area contributed by atoms with Gasteiger partial charge in [-0.05, 0) is 126 Å². The fourth-order valence-corrected chi connectivity index (χ4v) is 3.80. The van der Waals surface area contributed by atoms with Crippen LogP contribution in [0.1, 0.15) is 132 Å². The fraction of sp³-hybridized carbons (Fsp3) is 0.618. The van der Waals surface area contributed by atoms with E-state index in [0.717, 1.165) is 70.6 Å². The maximum atomic E-state index is 12.0. The zero-order valence-corrected chi connectivity index (χ0v) is 25.0. The van der Waals surface area contributed by atoms with E-state index in [2.05, 4.69) is 91.8 Å². The third-order valence-corrected chi connectivity index (χ3v) is 6.19. The SMILES string of the molecule is CC(C)=CCC/C(C)=C/CC/C(C)=C/CCCOC(=O)CC/C=C(\C)CC/C=C(\C)CCC=C(C)C. The second-order valence-electron chi connectivity index (χ2n) is 10.8. The molecule has 0 aromatic rings. The molecule has 36 heavy (non-hydrogen) atoms. The van der Waals surface area contributed by atoms with E-state index in [1.807, 2.05) is 0 Å². The van der Waals surface area contributed by atoms with E-state index < -0.39 is 0 Å². The van der Waals surface area contributed by atoms with Crippen LogP contribution in [-0.4, -0.2) is 12.6 Å². The number of allylic oxidation sites excluding steroid dienone is 12. The van der Waals surface area contributed by atoms with E-state index in [0.29, 0.717) is 13.0 Å². The molecule has 0 saturated carbocycles. The summed E-state index contributed by atoms with van der Waals surface area (Å²) in [5.41, 5.74) is 8.52. The van der Waals surface area contributed by atoms with E-state index in [1.54, 1.807) is 0 Å². The number of esters is 1. The molecule has 0 bridgehead atoms. The highest BCUT2D eigenvalue weighted by atomic mass is 16.5. The monoisotopic (exact) mass is 496 g/mol. The topological polar surface area (TPSA) is 26.3 Å². The van der Waals surface area contributed by atoms with Crippen molar-refractivity contribution in [3.05, 3.63) is 69.9 Å². The molecule has 0 unspecified atom stereocenters. The molecule has 0 N–H and O–H groups in total.